The first-order valence-corrected chi connectivity index (χ1v) is 7.54. The summed E-state index contributed by atoms with van der Waals surface area (Å²) in [6.07, 6.45) is 4.61. The Labute approximate surface area is 119 Å². The first-order chi connectivity index (χ1) is 9.70. The van der Waals surface area contributed by atoms with Gasteiger partial charge in [0, 0.05) is 11.9 Å². The van der Waals surface area contributed by atoms with Crippen LogP contribution in [0.1, 0.15) is 45.1 Å². The van der Waals surface area contributed by atoms with Crippen molar-refractivity contribution in [3.63, 3.8) is 0 Å². The van der Waals surface area contributed by atoms with Gasteiger partial charge in [-0.05, 0) is 31.4 Å². The first-order valence-electron chi connectivity index (χ1n) is 7.54. The quantitative estimate of drug-likeness (QED) is 0.868. The first kappa shape index (κ1) is 14.6. The molecule has 0 aliphatic heterocycles. The maximum atomic E-state index is 12.6. The van der Waals surface area contributed by atoms with E-state index < -0.39 is 0 Å². The second-order valence-electron chi connectivity index (χ2n) is 5.26. The van der Waals surface area contributed by atoms with Gasteiger partial charge in [0.25, 0.3) is 5.56 Å². The molecule has 0 aliphatic carbocycles. The van der Waals surface area contributed by atoms with E-state index in [9.17, 15) is 9.90 Å². The molecule has 2 aromatic rings. The Morgan fingerprint density at radius 1 is 1.10 bits per heavy atom. The highest BCUT2D eigenvalue weighted by atomic mass is 16.3. The Bertz CT molecular complexity index is 643. The van der Waals surface area contributed by atoms with Crippen LogP contribution in [-0.2, 0) is 13.0 Å². The largest absolute Gasteiger partial charge is 0.507 e. The lowest BCUT2D eigenvalue weighted by atomic mass is 10.0. The van der Waals surface area contributed by atoms with Crippen LogP contribution in [-0.4, -0.2) is 9.67 Å². The van der Waals surface area contributed by atoms with Gasteiger partial charge in [-0.2, -0.15) is 0 Å². The van der Waals surface area contributed by atoms with Crippen LogP contribution >= 0.6 is 0 Å². The molecule has 0 fully saturated rings. The number of rotatable bonds is 6. The van der Waals surface area contributed by atoms with Crippen molar-refractivity contribution in [3.05, 3.63) is 40.2 Å². The van der Waals surface area contributed by atoms with Crippen LogP contribution in [0.25, 0.3) is 10.9 Å². The lowest BCUT2D eigenvalue weighted by Crippen LogP contribution is -2.24. The lowest BCUT2D eigenvalue weighted by molar-refractivity contribution is 0.468. The molecule has 3 heteroatoms. The number of aromatic hydroxyl groups is 1. The summed E-state index contributed by atoms with van der Waals surface area (Å²) in [6, 6.07) is 7.62. The van der Waals surface area contributed by atoms with E-state index in [0.717, 1.165) is 43.1 Å². The zero-order valence-electron chi connectivity index (χ0n) is 12.4. The lowest BCUT2D eigenvalue weighted by Gasteiger charge is -2.14. The van der Waals surface area contributed by atoms with Gasteiger partial charge >= 0.3 is 0 Å². The summed E-state index contributed by atoms with van der Waals surface area (Å²) in [5, 5.41) is 11.2. The predicted octanol–water partition coefficient (Wildman–Crippen LogP) is 3.85. The molecule has 0 amide bonds. The molecule has 20 heavy (non-hydrogen) atoms. The van der Waals surface area contributed by atoms with Crippen molar-refractivity contribution in [2.45, 2.75) is 52.5 Å². The Morgan fingerprint density at radius 2 is 1.80 bits per heavy atom. The van der Waals surface area contributed by atoms with Crippen molar-refractivity contribution >= 4 is 10.9 Å². The van der Waals surface area contributed by atoms with Gasteiger partial charge in [0.15, 0.2) is 0 Å². The minimum absolute atomic E-state index is 0.0249. The van der Waals surface area contributed by atoms with Crippen molar-refractivity contribution in [2.24, 2.45) is 0 Å². The van der Waals surface area contributed by atoms with E-state index in [1.165, 1.54) is 0 Å². The standard InChI is InChI=1S/C17H23NO2/c1-3-5-9-14-16(19)13-10-7-8-11-15(13)18(17(14)20)12-6-4-2/h7-8,10-11,19H,3-6,9,12H2,1-2H3. The highest BCUT2D eigenvalue weighted by Gasteiger charge is 2.15. The highest BCUT2D eigenvalue weighted by molar-refractivity contribution is 5.86. The normalized spacial score (nSPS) is 11.1. The fraction of sp³-hybridized carbons (Fsp3) is 0.471. The third kappa shape index (κ3) is 2.72. The summed E-state index contributed by atoms with van der Waals surface area (Å²) in [5.41, 5.74) is 1.38. The van der Waals surface area contributed by atoms with Crippen LogP contribution in [0.5, 0.6) is 5.75 Å². The average molecular weight is 273 g/mol. The van der Waals surface area contributed by atoms with Crippen molar-refractivity contribution in [2.75, 3.05) is 0 Å². The summed E-state index contributed by atoms with van der Waals surface area (Å²) in [4.78, 5) is 12.6. The van der Waals surface area contributed by atoms with E-state index >= 15 is 0 Å². The number of unbranched alkanes of at least 4 members (excludes halogenated alkanes) is 2. The number of fused-ring (bicyclic) bond motifs is 1. The molecule has 108 valence electrons. The monoisotopic (exact) mass is 273 g/mol. The number of benzene rings is 1. The van der Waals surface area contributed by atoms with Gasteiger partial charge in [-0.15, -0.1) is 0 Å². The third-order valence-corrected chi connectivity index (χ3v) is 3.75. The minimum Gasteiger partial charge on any atom is -0.507 e. The summed E-state index contributed by atoms with van der Waals surface area (Å²) in [6.45, 7) is 4.93. The van der Waals surface area contributed by atoms with E-state index in [4.69, 9.17) is 0 Å². The van der Waals surface area contributed by atoms with Crippen LogP contribution in [0.3, 0.4) is 0 Å². The van der Waals surface area contributed by atoms with E-state index in [0.29, 0.717) is 12.0 Å². The third-order valence-electron chi connectivity index (χ3n) is 3.75. The van der Waals surface area contributed by atoms with Gasteiger partial charge in [-0.25, -0.2) is 0 Å². The minimum atomic E-state index is -0.0249. The summed E-state index contributed by atoms with van der Waals surface area (Å²) >= 11 is 0. The maximum Gasteiger partial charge on any atom is 0.257 e. The van der Waals surface area contributed by atoms with Crippen LogP contribution in [0.2, 0.25) is 0 Å². The Hall–Kier alpha value is -1.77. The number of aryl methyl sites for hydroxylation is 1. The topological polar surface area (TPSA) is 42.2 Å². The molecule has 0 saturated carbocycles. The molecule has 1 aromatic carbocycles. The summed E-state index contributed by atoms with van der Waals surface area (Å²) in [5.74, 6) is 0.173. The summed E-state index contributed by atoms with van der Waals surface area (Å²) < 4.78 is 1.82. The van der Waals surface area contributed by atoms with Crippen molar-refractivity contribution in [3.8, 4) is 5.75 Å². The van der Waals surface area contributed by atoms with Crippen LogP contribution < -0.4 is 5.56 Å². The molecule has 0 radical (unpaired) electrons. The molecule has 2 rings (SSSR count). The van der Waals surface area contributed by atoms with Crippen molar-refractivity contribution < 1.29 is 5.11 Å². The average Bonchev–Trinajstić information content (AvgIpc) is 2.47. The van der Waals surface area contributed by atoms with Gasteiger partial charge < -0.3 is 9.67 Å². The zero-order valence-corrected chi connectivity index (χ0v) is 12.4. The smallest absolute Gasteiger partial charge is 0.257 e. The van der Waals surface area contributed by atoms with Gasteiger partial charge in [-0.1, -0.05) is 38.8 Å². The molecule has 0 saturated heterocycles. The van der Waals surface area contributed by atoms with E-state index in [2.05, 4.69) is 13.8 Å². The molecule has 0 bridgehead atoms. The maximum absolute atomic E-state index is 12.6. The Balaban J connectivity index is 2.64. The molecule has 0 spiro atoms. The fourth-order valence-corrected chi connectivity index (χ4v) is 2.56. The molecule has 1 aromatic heterocycles. The van der Waals surface area contributed by atoms with Crippen molar-refractivity contribution in [1.82, 2.24) is 4.57 Å². The van der Waals surface area contributed by atoms with Crippen LogP contribution in [0.4, 0.5) is 0 Å². The molecule has 0 atom stereocenters. The molecular formula is C17H23NO2. The van der Waals surface area contributed by atoms with Crippen molar-refractivity contribution in [1.29, 1.82) is 0 Å². The second-order valence-corrected chi connectivity index (χ2v) is 5.26. The Kier molecular flexibility index (Phi) is 4.83. The number of hydrogen-bond donors (Lipinski definition) is 1. The molecule has 0 aliphatic rings. The fourth-order valence-electron chi connectivity index (χ4n) is 2.56. The van der Waals surface area contributed by atoms with Crippen LogP contribution in [0.15, 0.2) is 29.1 Å². The second kappa shape index (κ2) is 6.60. The zero-order chi connectivity index (χ0) is 14.5. The van der Waals surface area contributed by atoms with Gasteiger partial charge in [0.05, 0.1) is 11.1 Å². The number of hydrogen-bond acceptors (Lipinski definition) is 2. The molecule has 1 heterocycles. The SMILES string of the molecule is CCCCc1c(O)c2ccccc2n(CCCC)c1=O. The molecule has 1 N–H and O–H groups in total. The number of pyridine rings is 1. The van der Waals surface area contributed by atoms with Crippen LogP contribution in [0, 0.1) is 0 Å². The molecule has 3 nitrogen and oxygen atoms in total. The number of nitrogens with zero attached hydrogens (tertiary/aromatic N) is 1. The van der Waals surface area contributed by atoms with Gasteiger partial charge in [0.1, 0.15) is 5.75 Å². The summed E-state index contributed by atoms with van der Waals surface area (Å²) in [7, 11) is 0. The number of para-hydroxylation sites is 1. The van der Waals surface area contributed by atoms with E-state index in [-0.39, 0.29) is 11.3 Å². The van der Waals surface area contributed by atoms with E-state index in [1.807, 2.05) is 28.8 Å². The highest BCUT2D eigenvalue weighted by Crippen LogP contribution is 2.27. The van der Waals surface area contributed by atoms with E-state index in [1.54, 1.807) is 0 Å². The van der Waals surface area contributed by atoms with Gasteiger partial charge in [0.2, 0.25) is 0 Å². The van der Waals surface area contributed by atoms with Gasteiger partial charge in [-0.3, -0.25) is 4.79 Å². The Morgan fingerprint density at radius 3 is 2.50 bits per heavy atom. The predicted molar refractivity (Wildman–Crippen MR) is 83.4 cm³/mol. The number of aromatic nitrogens is 1. The molecule has 0 unspecified atom stereocenters. The molecular weight excluding hydrogens is 250 g/mol.